The van der Waals surface area contributed by atoms with Crippen LogP contribution in [0.15, 0.2) is 79.0 Å². The van der Waals surface area contributed by atoms with Crippen molar-refractivity contribution in [3.05, 3.63) is 95.8 Å². The molecule has 1 atom stereocenters. The second-order valence-corrected chi connectivity index (χ2v) is 7.96. The summed E-state index contributed by atoms with van der Waals surface area (Å²) < 4.78 is 5.81. The van der Waals surface area contributed by atoms with Gasteiger partial charge in [-0.2, -0.15) is 0 Å². The highest BCUT2D eigenvalue weighted by Crippen LogP contribution is 2.20. The van der Waals surface area contributed by atoms with Gasteiger partial charge in [-0.15, -0.1) is 0 Å². The summed E-state index contributed by atoms with van der Waals surface area (Å²) in [5.41, 5.74) is 3.08. The molecule has 4 rings (SSSR count). The third-order valence-electron chi connectivity index (χ3n) is 5.55. The van der Waals surface area contributed by atoms with Crippen molar-refractivity contribution in [2.75, 3.05) is 13.1 Å². The van der Waals surface area contributed by atoms with Crippen LogP contribution in [0.2, 0.25) is 0 Å². The van der Waals surface area contributed by atoms with Gasteiger partial charge in [0, 0.05) is 25.7 Å². The summed E-state index contributed by atoms with van der Waals surface area (Å²) in [7, 11) is 0. The normalized spacial score (nSPS) is 15.6. The zero-order valence-electron chi connectivity index (χ0n) is 17.9. The van der Waals surface area contributed by atoms with Crippen molar-refractivity contribution >= 4 is 11.8 Å². The number of pyridine rings is 1. The van der Waals surface area contributed by atoms with E-state index in [1.807, 2.05) is 72.8 Å². The van der Waals surface area contributed by atoms with Crippen LogP contribution in [0.25, 0.3) is 0 Å². The topological polar surface area (TPSA) is 71.5 Å². The van der Waals surface area contributed by atoms with E-state index in [1.54, 1.807) is 11.1 Å². The minimum Gasteiger partial charge on any atom is -0.489 e. The Morgan fingerprint density at radius 3 is 2.53 bits per heavy atom. The van der Waals surface area contributed by atoms with Crippen LogP contribution in [0.3, 0.4) is 0 Å². The number of carbonyl (C=O) groups excluding carboxylic acids is 2. The molecule has 1 saturated heterocycles. The first-order valence-electron chi connectivity index (χ1n) is 10.9. The first-order valence-corrected chi connectivity index (χ1v) is 10.9. The van der Waals surface area contributed by atoms with E-state index in [4.69, 9.17) is 4.74 Å². The minimum absolute atomic E-state index is 0.00175. The van der Waals surface area contributed by atoms with E-state index in [1.165, 1.54) is 0 Å². The molecule has 2 amide bonds. The lowest BCUT2D eigenvalue weighted by Crippen LogP contribution is -2.34. The number of benzene rings is 2. The lowest BCUT2D eigenvalue weighted by molar-refractivity contribution is -0.129. The van der Waals surface area contributed by atoms with E-state index >= 15 is 0 Å². The smallest absolute Gasteiger partial charge is 0.225 e. The third kappa shape index (κ3) is 5.94. The van der Waals surface area contributed by atoms with Crippen LogP contribution in [0.1, 0.15) is 23.2 Å². The van der Waals surface area contributed by atoms with Gasteiger partial charge in [0.25, 0.3) is 0 Å². The summed E-state index contributed by atoms with van der Waals surface area (Å²) >= 11 is 0. The van der Waals surface area contributed by atoms with E-state index in [0.29, 0.717) is 26.2 Å². The predicted molar refractivity (Wildman–Crippen MR) is 122 cm³/mol. The number of ether oxygens (including phenoxy) is 1. The zero-order chi connectivity index (χ0) is 22.2. The fourth-order valence-corrected chi connectivity index (χ4v) is 3.76. The molecule has 1 aliphatic rings. The molecular weight excluding hydrogens is 402 g/mol. The Bertz CT molecular complexity index is 1020. The maximum atomic E-state index is 12.5. The molecule has 2 aromatic carbocycles. The van der Waals surface area contributed by atoms with Gasteiger partial charge in [-0.25, -0.2) is 0 Å². The van der Waals surface area contributed by atoms with Gasteiger partial charge in [-0.3, -0.25) is 14.6 Å². The molecule has 1 N–H and O–H groups in total. The molecule has 1 fully saturated rings. The van der Waals surface area contributed by atoms with Crippen LogP contribution in [0, 0.1) is 5.92 Å². The number of carbonyl (C=O) groups is 2. The van der Waals surface area contributed by atoms with Gasteiger partial charge in [-0.1, -0.05) is 48.5 Å². The fourth-order valence-electron chi connectivity index (χ4n) is 3.76. The molecule has 1 aromatic heterocycles. The highest BCUT2D eigenvalue weighted by molar-refractivity contribution is 5.89. The Morgan fingerprint density at radius 1 is 1.00 bits per heavy atom. The van der Waals surface area contributed by atoms with Gasteiger partial charge in [-0.05, 0) is 41.8 Å². The molecular formula is C26H27N3O3. The Balaban J connectivity index is 1.19. The number of rotatable bonds is 9. The molecule has 6 heteroatoms. The van der Waals surface area contributed by atoms with E-state index < -0.39 is 0 Å². The molecule has 0 aliphatic carbocycles. The first kappa shape index (κ1) is 21.6. The number of nitrogens with one attached hydrogen (secondary N) is 1. The van der Waals surface area contributed by atoms with Crippen LogP contribution in [0.4, 0.5) is 0 Å². The molecule has 32 heavy (non-hydrogen) atoms. The van der Waals surface area contributed by atoms with Crippen molar-refractivity contribution in [2.45, 2.75) is 26.0 Å². The maximum Gasteiger partial charge on any atom is 0.225 e. The Morgan fingerprint density at radius 2 is 1.78 bits per heavy atom. The lowest BCUT2D eigenvalue weighted by atomic mass is 10.1. The zero-order valence-corrected chi connectivity index (χ0v) is 17.9. The van der Waals surface area contributed by atoms with Gasteiger partial charge in [0.15, 0.2) is 0 Å². The van der Waals surface area contributed by atoms with Crippen LogP contribution < -0.4 is 10.1 Å². The van der Waals surface area contributed by atoms with Crippen LogP contribution >= 0.6 is 0 Å². The summed E-state index contributed by atoms with van der Waals surface area (Å²) in [5.74, 6) is 0.450. The molecule has 2 heterocycles. The lowest BCUT2D eigenvalue weighted by Gasteiger charge is -2.16. The molecule has 0 saturated carbocycles. The van der Waals surface area contributed by atoms with Gasteiger partial charge in [0.2, 0.25) is 11.8 Å². The average molecular weight is 430 g/mol. The SMILES string of the molecule is O=C(NCCc1ccc(OCc2ccccc2)cc1)C1CC(=O)N(Cc2ccccn2)C1. The summed E-state index contributed by atoms with van der Waals surface area (Å²) in [6.45, 7) is 1.96. The van der Waals surface area contributed by atoms with Crippen LogP contribution in [0.5, 0.6) is 5.75 Å². The van der Waals surface area contributed by atoms with Crippen molar-refractivity contribution in [1.29, 1.82) is 0 Å². The van der Waals surface area contributed by atoms with E-state index in [2.05, 4.69) is 10.3 Å². The van der Waals surface area contributed by atoms with E-state index in [9.17, 15) is 9.59 Å². The second kappa shape index (κ2) is 10.6. The van der Waals surface area contributed by atoms with Crippen molar-refractivity contribution in [1.82, 2.24) is 15.2 Å². The number of nitrogens with zero attached hydrogens (tertiary/aromatic N) is 2. The number of hydrogen-bond acceptors (Lipinski definition) is 4. The molecule has 6 nitrogen and oxygen atoms in total. The molecule has 0 radical (unpaired) electrons. The summed E-state index contributed by atoms with van der Waals surface area (Å²) in [6, 6.07) is 23.6. The van der Waals surface area contributed by atoms with Crippen molar-refractivity contribution in [3.8, 4) is 5.75 Å². The third-order valence-corrected chi connectivity index (χ3v) is 5.55. The molecule has 0 spiro atoms. The molecule has 1 aliphatic heterocycles. The molecule has 1 unspecified atom stereocenters. The Kier molecular flexibility index (Phi) is 7.12. The Labute approximate surface area is 188 Å². The average Bonchev–Trinajstić information content (AvgIpc) is 3.20. The highest BCUT2D eigenvalue weighted by atomic mass is 16.5. The van der Waals surface area contributed by atoms with Crippen molar-refractivity contribution in [3.63, 3.8) is 0 Å². The standard InChI is InChI=1S/C26H27N3O3/c30-25-16-22(17-29(25)18-23-8-4-5-14-27-23)26(31)28-15-13-20-9-11-24(12-10-20)32-19-21-6-2-1-3-7-21/h1-12,14,22H,13,15-19H2,(H,28,31). The summed E-state index contributed by atoms with van der Waals surface area (Å²) in [6.07, 6.45) is 2.69. The molecule has 164 valence electrons. The Hall–Kier alpha value is -3.67. The minimum atomic E-state index is -0.306. The largest absolute Gasteiger partial charge is 0.489 e. The maximum absolute atomic E-state index is 12.5. The number of hydrogen-bond donors (Lipinski definition) is 1. The van der Waals surface area contributed by atoms with Gasteiger partial charge < -0.3 is 15.0 Å². The number of likely N-dealkylation sites (tertiary alicyclic amines) is 1. The fraction of sp³-hybridized carbons (Fsp3) is 0.269. The van der Waals surface area contributed by atoms with Crippen LogP contribution in [-0.2, 0) is 29.2 Å². The number of aromatic nitrogens is 1. The summed E-state index contributed by atoms with van der Waals surface area (Å²) in [4.78, 5) is 30.8. The van der Waals surface area contributed by atoms with Gasteiger partial charge >= 0.3 is 0 Å². The van der Waals surface area contributed by atoms with Crippen LogP contribution in [-0.4, -0.2) is 34.8 Å². The monoisotopic (exact) mass is 429 g/mol. The molecule has 0 bridgehead atoms. The van der Waals surface area contributed by atoms with Crippen molar-refractivity contribution in [2.24, 2.45) is 5.92 Å². The van der Waals surface area contributed by atoms with E-state index in [0.717, 1.165) is 29.0 Å². The quantitative estimate of drug-likeness (QED) is 0.566. The van der Waals surface area contributed by atoms with Gasteiger partial charge in [0.1, 0.15) is 12.4 Å². The molecule has 3 aromatic rings. The first-order chi connectivity index (χ1) is 15.7. The van der Waals surface area contributed by atoms with Gasteiger partial charge in [0.05, 0.1) is 18.2 Å². The highest BCUT2D eigenvalue weighted by Gasteiger charge is 2.34. The second-order valence-electron chi connectivity index (χ2n) is 7.96. The van der Waals surface area contributed by atoms with E-state index in [-0.39, 0.29) is 24.2 Å². The number of amides is 2. The summed E-state index contributed by atoms with van der Waals surface area (Å²) in [5, 5.41) is 2.97. The van der Waals surface area contributed by atoms with Crippen molar-refractivity contribution < 1.29 is 14.3 Å². The predicted octanol–water partition coefficient (Wildman–Crippen LogP) is 3.37.